The summed E-state index contributed by atoms with van der Waals surface area (Å²) in [5.41, 5.74) is 4.16. The third kappa shape index (κ3) is 5.11. The lowest BCUT2D eigenvalue weighted by atomic mass is 10.1. The zero-order valence-electron chi connectivity index (χ0n) is 16.7. The van der Waals surface area contributed by atoms with Crippen LogP contribution in [0, 0.1) is 0 Å². The molecule has 0 amide bonds. The molecule has 4 aromatic rings. The fraction of sp³-hybridized carbons (Fsp3) is 0.125. The van der Waals surface area contributed by atoms with E-state index < -0.39 is 0 Å². The van der Waals surface area contributed by atoms with Crippen molar-refractivity contribution in [1.29, 1.82) is 0 Å². The number of ether oxygens (including phenoxy) is 1. The van der Waals surface area contributed by atoms with Crippen LogP contribution >= 0.6 is 0 Å². The molecule has 0 spiro atoms. The van der Waals surface area contributed by atoms with Gasteiger partial charge in [0.15, 0.2) is 0 Å². The summed E-state index contributed by atoms with van der Waals surface area (Å²) < 4.78 is 5.22. The maximum absolute atomic E-state index is 5.22. The van der Waals surface area contributed by atoms with Crippen molar-refractivity contribution >= 4 is 11.8 Å². The lowest BCUT2D eigenvalue weighted by molar-refractivity contribution is 0.414. The molecule has 4 rings (SSSR count). The molecule has 0 bridgehead atoms. The van der Waals surface area contributed by atoms with E-state index in [9.17, 15) is 0 Å². The number of anilines is 2. The molecule has 0 aliphatic heterocycles. The predicted molar refractivity (Wildman–Crippen MR) is 119 cm³/mol. The molecule has 0 saturated carbocycles. The van der Waals surface area contributed by atoms with Gasteiger partial charge >= 0.3 is 0 Å². The highest BCUT2D eigenvalue weighted by molar-refractivity contribution is 5.64. The number of hydrogen-bond donors (Lipinski definition) is 2. The van der Waals surface area contributed by atoms with Crippen LogP contribution in [0.25, 0.3) is 11.3 Å². The van der Waals surface area contributed by atoms with Gasteiger partial charge in [0, 0.05) is 37.1 Å². The van der Waals surface area contributed by atoms with E-state index in [1.165, 1.54) is 0 Å². The summed E-state index contributed by atoms with van der Waals surface area (Å²) in [7, 11) is 1.67. The van der Waals surface area contributed by atoms with Crippen molar-refractivity contribution in [1.82, 2.24) is 15.0 Å². The number of pyridine rings is 1. The van der Waals surface area contributed by atoms with Crippen molar-refractivity contribution in [2.75, 3.05) is 17.7 Å². The Hall–Kier alpha value is -3.93. The Morgan fingerprint density at radius 2 is 1.47 bits per heavy atom. The van der Waals surface area contributed by atoms with Gasteiger partial charge in [0.2, 0.25) is 5.95 Å². The molecule has 2 heterocycles. The average molecular weight is 397 g/mol. The van der Waals surface area contributed by atoms with Crippen LogP contribution in [-0.2, 0) is 13.1 Å². The summed E-state index contributed by atoms with van der Waals surface area (Å²) in [6.45, 7) is 1.28. The second kappa shape index (κ2) is 9.52. The van der Waals surface area contributed by atoms with Crippen molar-refractivity contribution < 1.29 is 4.74 Å². The van der Waals surface area contributed by atoms with Crippen molar-refractivity contribution in [2.24, 2.45) is 0 Å². The lowest BCUT2D eigenvalue weighted by Crippen LogP contribution is -2.08. The zero-order chi connectivity index (χ0) is 20.6. The quantitative estimate of drug-likeness (QED) is 0.446. The monoisotopic (exact) mass is 397 g/mol. The SMILES string of the molecule is COc1ccc(CNc2cc(-c3ccccc3)nc(NCc3ccncc3)n2)cc1. The Labute approximate surface area is 176 Å². The number of methoxy groups -OCH3 is 1. The number of nitrogens with one attached hydrogen (secondary N) is 2. The molecule has 2 N–H and O–H groups in total. The molecule has 0 aliphatic rings. The first kappa shape index (κ1) is 19.4. The van der Waals surface area contributed by atoms with E-state index in [-0.39, 0.29) is 0 Å². The van der Waals surface area contributed by atoms with Crippen molar-refractivity contribution in [3.63, 3.8) is 0 Å². The molecule has 6 heteroatoms. The summed E-state index contributed by atoms with van der Waals surface area (Å²) in [4.78, 5) is 13.4. The summed E-state index contributed by atoms with van der Waals surface area (Å²) in [5.74, 6) is 2.18. The first-order chi connectivity index (χ1) is 14.8. The standard InChI is InChI=1S/C24H23N5O/c1-30-21-9-7-18(8-10-21)16-26-23-15-22(20-5-3-2-4-6-20)28-24(29-23)27-17-19-11-13-25-14-12-19/h2-15H,16-17H2,1H3,(H2,26,27,28,29). The Kier molecular flexibility index (Phi) is 6.15. The number of hydrogen-bond acceptors (Lipinski definition) is 6. The highest BCUT2D eigenvalue weighted by Gasteiger charge is 2.07. The molecule has 2 aromatic heterocycles. The fourth-order valence-electron chi connectivity index (χ4n) is 2.99. The minimum atomic E-state index is 0.574. The van der Waals surface area contributed by atoms with E-state index >= 15 is 0 Å². The van der Waals surface area contributed by atoms with Gasteiger partial charge in [-0.3, -0.25) is 4.98 Å². The first-order valence-corrected chi connectivity index (χ1v) is 9.74. The Bertz CT molecular complexity index is 1070. The van der Waals surface area contributed by atoms with Gasteiger partial charge in [-0.2, -0.15) is 4.98 Å². The molecule has 150 valence electrons. The van der Waals surface area contributed by atoms with E-state index in [0.29, 0.717) is 19.0 Å². The largest absolute Gasteiger partial charge is 0.497 e. The van der Waals surface area contributed by atoms with E-state index in [1.807, 2.05) is 72.8 Å². The second-order valence-corrected chi connectivity index (χ2v) is 6.74. The molecular weight excluding hydrogens is 374 g/mol. The molecule has 0 saturated heterocycles. The van der Waals surface area contributed by atoms with Crippen LogP contribution in [-0.4, -0.2) is 22.1 Å². The van der Waals surface area contributed by atoms with Gasteiger partial charge in [0.25, 0.3) is 0 Å². The summed E-state index contributed by atoms with van der Waals surface area (Å²) in [5, 5.41) is 6.72. The molecule has 2 aromatic carbocycles. The number of rotatable bonds is 8. The molecular formula is C24H23N5O. The lowest BCUT2D eigenvalue weighted by Gasteiger charge is -2.12. The molecule has 0 fully saturated rings. The smallest absolute Gasteiger partial charge is 0.225 e. The molecule has 0 unspecified atom stereocenters. The van der Waals surface area contributed by atoms with Gasteiger partial charge in [0.1, 0.15) is 11.6 Å². The topological polar surface area (TPSA) is 72.0 Å². The Balaban J connectivity index is 1.54. The normalized spacial score (nSPS) is 10.4. The van der Waals surface area contributed by atoms with Crippen molar-refractivity contribution in [3.05, 3.63) is 96.3 Å². The Morgan fingerprint density at radius 1 is 0.767 bits per heavy atom. The Morgan fingerprint density at radius 3 is 2.20 bits per heavy atom. The van der Waals surface area contributed by atoms with Gasteiger partial charge in [-0.1, -0.05) is 42.5 Å². The van der Waals surface area contributed by atoms with Gasteiger partial charge in [-0.25, -0.2) is 4.98 Å². The summed E-state index contributed by atoms with van der Waals surface area (Å²) in [6.07, 6.45) is 3.56. The summed E-state index contributed by atoms with van der Waals surface area (Å²) >= 11 is 0. The highest BCUT2D eigenvalue weighted by atomic mass is 16.5. The van der Waals surface area contributed by atoms with Crippen molar-refractivity contribution in [2.45, 2.75) is 13.1 Å². The van der Waals surface area contributed by atoms with Crippen LogP contribution in [0.3, 0.4) is 0 Å². The molecule has 30 heavy (non-hydrogen) atoms. The van der Waals surface area contributed by atoms with E-state index in [1.54, 1.807) is 19.5 Å². The fourth-order valence-corrected chi connectivity index (χ4v) is 2.99. The van der Waals surface area contributed by atoms with E-state index in [2.05, 4.69) is 20.6 Å². The first-order valence-electron chi connectivity index (χ1n) is 9.74. The van der Waals surface area contributed by atoms with Crippen LogP contribution in [0.5, 0.6) is 5.75 Å². The third-order valence-electron chi connectivity index (χ3n) is 4.63. The average Bonchev–Trinajstić information content (AvgIpc) is 2.83. The minimum absolute atomic E-state index is 0.574. The highest BCUT2D eigenvalue weighted by Crippen LogP contribution is 2.22. The third-order valence-corrected chi connectivity index (χ3v) is 4.63. The number of aromatic nitrogens is 3. The molecule has 0 radical (unpaired) electrons. The second-order valence-electron chi connectivity index (χ2n) is 6.74. The van der Waals surface area contributed by atoms with E-state index in [0.717, 1.165) is 34.0 Å². The van der Waals surface area contributed by atoms with Crippen LogP contribution in [0.2, 0.25) is 0 Å². The van der Waals surface area contributed by atoms with Crippen LogP contribution in [0.15, 0.2) is 85.2 Å². The maximum atomic E-state index is 5.22. The molecule has 0 aliphatic carbocycles. The van der Waals surface area contributed by atoms with Crippen molar-refractivity contribution in [3.8, 4) is 17.0 Å². The number of nitrogens with zero attached hydrogens (tertiary/aromatic N) is 3. The predicted octanol–water partition coefficient (Wildman–Crippen LogP) is 4.77. The van der Waals surface area contributed by atoms with Gasteiger partial charge in [-0.05, 0) is 35.4 Å². The zero-order valence-corrected chi connectivity index (χ0v) is 16.7. The maximum Gasteiger partial charge on any atom is 0.225 e. The van der Waals surface area contributed by atoms with Gasteiger partial charge in [0.05, 0.1) is 12.8 Å². The van der Waals surface area contributed by atoms with Crippen LogP contribution in [0.1, 0.15) is 11.1 Å². The molecule has 0 atom stereocenters. The van der Waals surface area contributed by atoms with E-state index in [4.69, 9.17) is 9.72 Å². The van der Waals surface area contributed by atoms with Gasteiger partial charge in [-0.15, -0.1) is 0 Å². The molecule has 6 nitrogen and oxygen atoms in total. The van der Waals surface area contributed by atoms with Crippen LogP contribution < -0.4 is 15.4 Å². The van der Waals surface area contributed by atoms with Gasteiger partial charge < -0.3 is 15.4 Å². The summed E-state index contributed by atoms with van der Waals surface area (Å²) in [6, 6.07) is 24.0. The van der Waals surface area contributed by atoms with Crippen LogP contribution in [0.4, 0.5) is 11.8 Å². The number of benzene rings is 2. The minimum Gasteiger partial charge on any atom is -0.497 e.